The van der Waals surface area contributed by atoms with E-state index in [1.165, 1.54) is 0 Å². The first kappa shape index (κ1) is 15.2. The van der Waals surface area contributed by atoms with Crippen LogP contribution in [0.3, 0.4) is 0 Å². The second-order valence-corrected chi connectivity index (χ2v) is 5.88. The molecule has 2 saturated heterocycles. The van der Waals surface area contributed by atoms with Gasteiger partial charge in [0, 0.05) is 27.2 Å². The molecule has 0 aromatic rings. The number of piperidine rings is 1. The van der Waals surface area contributed by atoms with Gasteiger partial charge in [0.2, 0.25) is 5.91 Å². The average molecular weight is 286 g/mol. The highest BCUT2D eigenvalue weighted by Gasteiger charge is 2.45. The second kappa shape index (κ2) is 6.08. The summed E-state index contributed by atoms with van der Waals surface area (Å²) in [7, 11) is 3.46. The number of carbonyl (C=O) groups excluding carboxylic acids is 2. The molecule has 2 amide bonds. The summed E-state index contributed by atoms with van der Waals surface area (Å²) in [6.45, 7) is 0.597. The fourth-order valence-electron chi connectivity index (χ4n) is 3.05. The zero-order chi connectivity index (χ0) is 14.8. The Balaban J connectivity index is 1.87. The molecule has 114 valence electrons. The number of likely N-dealkylation sites (tertiary alicyclic amines) is 1. The number of ether oxygens (including phenoxy) is 1. The van der Waals surface area contributed by atoms with E-state index in [0.29, 0.717) is 13.1 Å². The molecular formula is C14H23FN2O3. The fourth-order valence-corrected chi connectivity index (χ4v) is 3.05. The largest absolute Gasteiger partial charge is 0.362 e. The van der Waals surface area contributed by atoms with Crippen LogP contribution in [0.25, 0.3) is 0 Å². The molecule has 5 nitrogen and oxygen atoms in total. The summed E-state index contributed by atoms with van der Waals surface area (Å²) in [5, 5.41) is 0. The third-order valence-electron chi connectivity index (χ3n) is 4.31. The lowest BCUT2D eigenvalue weighted by atomic mass is 9.88. The number of nitrogens with zero attached hydrogens (tertiary/aromatic N) is 2. The fraction of sp³-hybridized carbons (Fsp3) is 0.857. The molecule has 0 saturated carbocycles. The first-order valence-electron chi connectivity index (χ1n) is 7.20. The summed E-state index contributed by atoms with van der Waals surface area (Å²) in [6.07, 6.45) is 2.70. The van der Waals surface area contributed by atoms with E-state index in [-0.39, 0.29) is 29.9 Å². The molecule has 1 unspecified atom stereocenters. The van der Waals surface area contributed by atoms with Gasteiger partial charge in [-0.2, -0.15) is 0 Å². The van der Waals surface area contributed by atoms with Gasteiger partial charge in [0.05, 0.1) is 18.7 Å². The molecule has 1 atom stereocenters. The minimum absolute atomic E-state index is 0.0119. The summed E-state index contributed by atoms with van der Waals surface area (Å²) in [5.41, 5.74) is -0.261. The van der Waals surface area contributed by atoms with Crippen LogP contribution >= 0.6 is 0 Å². The van der Waals surface area contributed by atoms with Crippen LogP contribution in [0.15, 0.2) is 0 Å². The van der Waals surface area contributed by atoms with Crippen LogP contribution in [0.4, 0.5) is 4.39 Å². The number of carbonyl (C=O) groups is 2. The monoisotopic (exact) mass is 286 g/mol. The molecular weight excluding hydrogens is 263 g/mol. The summed E-state index contributed by atoms with van der Waals surface area (Å²) < 4.78 is 18.2. The van der Waals surface area contributed by atoms with Gasteiger partial charge in [-0.25, -0.2) is 0 Å². The molecule has 0 aromatic carbocycles. The lowest BCUT2D eigenvalue weighted by Gasteiger charge is -2.39. The molecule has 6 heteroatoms. The maximum Gasteiger partial charge on any atom is 0.251 e. The van der Waals surface area contributed by atoms with Gasteiger partial charge in [-0.3, -0.25) is 14.0 Å². The van der Waals surface area contributed by atoms with Gasteiger partial charge in [-0.05, 0) is 25.7 Å². The van der Waals surface area contributed by atoms with Crippen molar-refractivity contribution in [3.05, 3.63) is 0 Å². The molecule has 2 aliphatic rings. The second-order valence-electron chi connectivity index (χ2n) is 5.88. The smallest absolute Gasteiger partial charge is 0.251 e. The minimum Gasteiger partial charge on any atom is -0.362 e. The number of likely N-dealkylation sites (N-methyl/N-ethyl adjacent to an activating group) is 1. The van der Waals surface area contributed by atoms with E-state index >= 15 is 0 Å². The van der Waals surface area contributed by atoms with Crippen LogP contribution in [0.1, 0.15) is 32.1 Å². The molecule has 2 rings (SSSR count). The van der Waals surface area contributed by atoms with Gasteiger partial charge < -0.3 is 14.5 Å². The third-order valence-corrected chi connectivity index (χ3v) is 4.31. The summed E-state index contributed by atoms with van der Waals surface area (Å²) in [6, 6.07) is 0. The highest BCUT2D eigenvalue weighted by Crippen LogP contribution is 2.39. The predicted molar refractivity (Wildman–Crippen MR) is 71.9 cm³/mol. The van der Waals surface area contributed by atoms with Crippen molar-refractivity contribution in [1.29, 1.82) is 0 Å². The van der Waals surface area contributed by atoms with Crippen LogP contribution in [0.5, 0.6) is 0 Å². The van der Waals surface area contributed by atoms with E-state index in [2.05, 4.69) is 0 Å². The molecule has 0 N–H and O–H groups in total. The highest BCUT2D eigenvalue weighted by molar-refractivity contribution is 5.80. The van der Waals surface area contributed by atoms with Gasteiger partial charge in [-0.1, -0.05) is 0 Å². The Hall–Kier alpha value is -1.17. The molecule has 1 spiro atoms. The van der Waals surface area contributed by atoms with Crippen LogP contribution in [-0.4, -0.2) is 67.2 Å². The summed E-state index contributed by atoms with van der Waals surface area (Å²) in [4.78, 5) is 26.8. The van der Waals surface area contributed by atoms with Crippen LogP contribution in [0.2, 0.25) is 0 Å². The van der Waals surface area contributed by atoms with E-state index < -0.39 is 6.67 Å². The SMILES string of the molecule is CN(C)C(=O)C1CCC2(CCN(C(=O)CCF)CC2)O1. The Kier molecular flexibility index (Phi) is 4.62. The number of alkyl halides is 1. The first-order valence-corrected chi connectivity index (χ1v) is 7.20. The third kappa shape index (κ3) is 3.11. The van der Waals surface area contributed by atoms with E-state index in [1.807, 2.05) is 0 Å². The van der Waals surface area contributed by atoms with Crippen molar-refractivity contribution in [3.63, 3.8) is 0 Å². The van der Waals surface area contributed by atoms with Crippen molar-refractivity contribution in [2.45, 2.75) is 43.8 Å². The lowest BCUT2D eigenvalue weighted by Crippen LogP contribution is -2.47. The topological polar surface area (TPSA) is 49.9 Å². The Morgan fingerprint density at radius 2 is 1.95 bits per heavy atom. The maximum absolute atomic E-state index is 12.2. The molecule has 0 aliphatic carbocycles. The molecule has 0 aromatic heterocycles. The minimum atomic E-state index is -0.601. The van der Waals surface area contributed by atoms with E-state index in [4.69, 9.17) is 4.74 Å². The number of amides is 2. The maximum atomic E-state index is 12.2. The number of hydrogen-bond acceptors (Lipinski definition) is 3. The molecule has 0 radical (unpaired) electrons. The summed E-state index contributed by atoms with van der Waals surface area (Å²) in [5.74, 6) is -0.112. The summed E-state index contributed by atoms with van der Waals surface area (Å²) >= 11 is 0. The van der Waals surface area contributed by atoms with Gasteiger partial charge >= 0.3 is 0 Å². The van der Waals surface area contributed by atoms with Gasteiger partial charge in [-0.15, -0.1) is 0 Å². The van der Waals surface area contributed by atoms with Crippen molar-refractivity contribution in [1.82, 2.24) is 9.80 Å². The van der Waals surface area contributed by atoms with Crippen molar-refractivity contribution in [2.75, 3.05) is 33.9 Å². The van der Waals surface area contributed by atoms with Crippen LogP contribution in [-0.2, 0) is 14.3 Å². The van der Waals surface area contributed by atoms with Gasteiger partial charge in [0.25, 0.3) is 5.91 Å². The van der Waals surface area contributed by atoms with Crippen molar-refractivity contribution in [2.24, 2.45) is 0 Å². The zero-order valence-corrected chi connectivity index (χ0v) is 12.2. The lowest BCUT2D eigenvalue weighted by molar-refractivity contribution is -0.151. The van der Waals surface area contributed by atoms with Crippen LogP contribution in [0, 0.1) is 0 Å². The van der Waals surface area contributed by atoms with Gasteiger partial charge in [0.15, 0.2) is 0 Å². The highest BCUT2D eigenvalue weighted by atomic mass is 19.1. The number of hydrogen-bond donors (Lipinski definition) is 0. The number of rotatable bonds is 3. The molecule has 0 bridgehead atoms. The standard InChI is InChI=1S/C14H23FN2O3/c1-16(2)13(19)11-3-5-14(20-11)6-9-17(10-7-14)12(18)4-8-15/h11H,3-10H2,1-2H3. The molecule has 2 heterocycles. The van der Waals surface area contributed by atoms with E-state index in [9.17, 15) is 14.0 Å². The Labute approximate surface area is 119 Å². The molecule has 2 fully saturated rings. The Morgan fingerprint density at radius 1 is 1.30 bits per heavy atom. The first-order chi connectivity index (χ1) is 9.47. The van der Waals surface area contributed by atoms with Crippen LogP contribution < -0.4 is 0 Å². The zero-order valence-electron chi connectivity index (χ0n) is 12.2. The van der Waals surface area contributed by atoms with E-state index in [0.717, 1.165) is 25.7 Å². The van der Waals surface area contributed by atoms with E-state index in [1.54, 1.807) is 23.9 Å². The van der Waals surface area contributed by atoms with Crippen molar-refractivity contribution < 1.29 is 18.7 Å². The normalized spacial score (nSPS) is 24.9. The van der Waals surface area contributed by atoms with Crippen molar-refractivity contribution in [3.8, 4) is 0 Å². The quantitative estimate of drug-likeness (QED) is 0.777. The average Bonchev–Trinajstić information content (AvgIpc) is 2.83. The van der Waals surface area contributed by atoms with Gasteiger partial charge in [0.1, 0.15) is 6.10 Å². The Morgan fingerprint density at radius 3 is 2.50 bits per heavy atom. The predicted octanol–water partition coefficient (Wildman–Crippen LogP) is 0.974. The molecule has 20 heavy (non-hydrogen) atoms. The number of halogens is 1. The Bertz CT molecular complexity index is 379. The van der Waals surface area contributed by atoms with Crippen molar-refractivity contribution >= 4 is 11.8 Å². The molecule has 2 aliphatic heterocycles.